The number of aryl methyl sites for hydroxylation is 1. The molecule has 0 aromatic heterocycles. The van der Waals surface area contributed by atoms with E-state index < -0.39 is 10.0 Å². The Morgan fingerprint density at radius 3 is 2.52 bits per heavy atom. The second-order valence-corrected chi connectivity index (χ2v) is 7.05. The summed E-state index contributed by atoms with van der Waals surface area (Å²) in [6.07, 6.45) is 0.852. The summed E-state index contributed by atoms with van der Waals surface area (Å²) in [6, 6.07) is 13.6. The highest BCUT2D eigenvalue weighted by atomic mass is 32.2. The number of benzene rings is 2. The fourth-order valence-corrected chi connectivity index (χ4v) is 3.27. The zero-order chi connectivity index (χ0) is 15.0. The van der Waals surface area contributed by atoms with Crippen molar-refractivity contribution in [2.45, 2.75) is 24.8 Å². The van der Waals surface area contributed by atoms with Gasteiger partial charge in [0.1, 0.15) is 0 Å². The molecule has 1 heterocycles. The molecule has 4 nitrogen and oxygen atoms in total. The molecule has 2 aromatic carbocycles. The molecule has 5 heteroatoms. The highest BCUT2D eigenvalue weighted by Gasteiger charge is 2.21. The minimum absolute atomic E-state index is 0.193. The van der Waals surface area contributed by atoms with Crippen LogP contribution < -0.4 is 10.0 Å². The number of nitrogens with two attached hydrogens (primary N) is 1. The molecule has 0 amide bonds. The maximum absolute atomic E-state index is 11.4. The van der Waals surface area contributed by atoms with Gasteiger partial charge in [-0.25, -0.2) is 13.6 Å². The van der Waals surface area contributed by atoms with E-state index in [1.807, 2.05) is 6.07 Å². The van der Waals surface area contributed by atoms with Gasteiger partial charge in [-0.3, -0.25) is 0 Å². The zero-order valence-electron chi connectivity index (χ0n) is 11.9. The van der Waals surface area contributed by atoms with Crippen LogP contribution >= 0.6 is 0 Å². The molecule has 0 radical (unpaired) electrons. The van der Waals surface area contributed by atoms with E-state index in [0.717, 1.165) is 30.8 Å². The average molecular weight is 302 g/mol. The van der Waals surface area contributed by atoms with Gasteiger partial charge >= 0.3 is 0 Å². The Labute approximate surface area is 125 Å². The molecule has 0 unspecified atom stereocenters. The highest BCUT2D eigenvalue weighted by molar-refractivity contribution is 7.89. The van der Waals surface area contributed by atoms with Gasteiger partial charge in [0.15, 0.2) is 0 Å². The van der Waals surface area contributed by atoms with Crippen molar-refractivity contribution in [2.75, 3.05) is 11.4 Å². The molecule has 1 aliphatic rings. The third kappa shape index (κ3) is 2.94. The van der Waals surface area contributed by atoms with Crippen LogP contribution in [0, 0.1) is 6.92 Å². The summed E-state index contributed by atoms with van der Waals surface area (Å²) in [5.41, 5.74) is 4.65. The van der Waals surface area contributed by atoms with Crippen LogP contribution in [0.5, 0.6) is 0 Å². The number of anilines is 1. The van der Waals surface area contributed by atoms with E-state index in [2.05, 4.69) is 36.1 Å². The average Bonchev–Trinajstić information content (AvgIpc) is 2.83. The molecule has 0 atom stereocenters. The lowest BCUT2D eigenvalue weighted by Crippen LogP contribution is -2.19. The van der Waals surface area contributed by atoms with Crippen molar-refractivity contribution < 1.29 is 8.42 Å². The van der Waals surface area contributed by atoms with E-state index in [1.54, 1.807) is 12.1 Å². The molecule has 0 aliphatic carbocycles. The Morgan fingerprint density at radius 2 is 1.86 bits per heavy atom. The van der Waals surface area contributed by atoms with Crippen molar-refractivity contribution in [3.63, 3.8) is 0 Å². The van der Waals surface area contributed by atoms with E-state index >= 15 is 0 Å². The topological polar surface area (TPSA) is 63.4 Å². The Hall–Kier alpha value is -1.85. The van der Waals surface area contributed by atoms with E-state index in [4.69, 9.17) is 5.14 Å². The second kappa shape index (κ2) is 5.16. The lowest BCUT2D eigenvalue weighted by atomic mass is 10.1. The van der Waals surface area contributed by atoms with Gasteiger partial charge in [0, 0.05) is 18.8 Å². The summed E-state index contributed by atoms with van der Waals surface area (Å²) >= 11 is 0. The van der Waals surface area contributed by atoms with Gasteiger partial charge in [-0.05, 0) is 42.7 Å². The minimum atomic E-state index is -3.62. The Kier molecular flexibility index (Phi) is 3.47. The summed E-state index contributed by atoms with van der Waals surface area (Å²) in [6.45, 7) is 3.81. The smallest absolute Gasteiger partial charge is 0.238 e. The van der Waals surface area contributed by atoms with E-state index in [9.17, 15) is 8.42 Å². The molecule has 0 spiro atoms. The highest BCUT2D eigenvalue weighted by Crippen LogP contribution is 2.31. The van der Waals surface area contributed by atoms with Crippen molar-refractivity contribution >= 4 is 15.7 Å². The van der Waals surface area contributed by atoms with Gasteiger partial charge < -0.3 is 4.90 Å². The third-order valence-electron chi connectivity index (χ3n) is 3.87. The quantitative estimate of drug-likeness (QED) is 0.945. The van der Waals surface area contributed by atoms with Gasteiger partial charge in [0.25, 0.3) is 0 Å². The lowest BCUT2D eigenvalue weighted by Gasteiger charge is -2.19. The standard InChI is InChI=1S/C16H18N2O2S/c1-12-2-4-13(5-3-12)11-18-9-8-14-10-15(21(17,19)20)6-7-16(14)18/h2-7,10H,8-9,11H2,1H3,(H2,17,19,20). The van der Waals surface area contributed by atoms with Gasteiger partial charge in [0.2, 0.25) is 10.0 Å². The number of fused-ring (bicyclic) bond motifs is 1. The molecule has 3 rings (SSSR count). The lowest BCUT2D eigenvalue weighted by molar-refractivity contribution is 0.597. The predicted octanol–water partition coefficient (Wildman–Crippen LogP) is 2.21. The number of sulfonamides is 1. The van der Waals surface area contributed by atoms with Crippen LogP contribution in [0.2, 0.25) is 0 Å². The Morgan fingerprint density at radius 1 is 1.14 bits per heavy atom. The molecule has 1 aliphatic heterocycles. The molecule has 2 N–H and O–H groups in total. The maximum Gasteiger partial charge on any atom is 0.238 e. The first-order valence-electron chi connectivity index (χ1n) is 6.90. The van der Waals surface area contributed by atoms with Crippen molar-refractivity contribution in [2.24, 2.45) is 5.14 Å². The molecule has 110 valence electrons. The molecule has 0 fully saturated rings. The summed E-state index contributed by atoms with van der Waals surface area (Å²) in [5.74, 6) is 0. The summed E-state index contributed by atoms with van der Waals surface area (Å²) in [4.78, 5) is 2.46. The first kappa shape index (κ1) is 14.1. The van der Waals surface area contributed by atoms with E-state index in [1.165, 1.54) is 11.1 Å². The van der Waals surface area contributed by atoms with E-state index in [-0.39, 0.29) is 4.90 Å². The van der Waals surface area contributed by atoms with E-state index in [0.29, 0.717) is 0 Å². The van der Waals surface area contributed by atoms with Gasteiger partial charge in [-0.1, -0.05) is 29.8 Å². The second-order valence-electron chi connectivity index (χ2n) is 5.49. The molecule has 2 aromatic rings. The van der Waals surface area contributed by atoms with Crippen molar-refractivity contribution in [1.82, 2.24) is 0 Å². The van der Waals surface area contributed by atoms with Gasteiger partial charge in [-0.2, -0.15) is 0 Å². The van der Waals surface area contributed by atoms with Crippen LogP contribution in [0.3, 0.4) is 0 Å². The molecule has 0 saturated carbocycles. The minimum Gasteiger partial charge on any atom is -0.367 e. The molecular weight excluding hydrogens is 284 g/mol. The third-order valence-corrected chi connectivity index (χ3v) is 4.78. The number of rotatable bonds is 3. The first-order chi connectivity index (χ1) is 9.93. The fourth-order valence-electron chi connectivity index (χ4n) is 2.70. The number of hydrogen-bond donors (Lipinski definition) is 1. The van der Waals surface area contributed by atoms with Crippen LogP contribution in [-0.2, 0) is 23.0 Å². The fraction of sp³-hybridized carbons (Fsp3) is 0.250. The SMILES string of the molecule is Cc1ccc(CN2CCc3cc(S(N)(=O)=O)ccc32)cc1. The molecule has 0 bridgehead atoms. The zero-order valence-corrected chi connectivity index (χ0v) is 12.7. The largest absolute Gasteiger partial charge is 0.367 e. The summed E-state index contributed by atoms with van der Waals surface area (Å²) in [5, 5.41) is 5.18. The summed E-state index contributed by atoms with van der Waals surface area (Å²) in [7, 11) is -3.62. The van der Waals surface area contributed by atoms with Crippen LogP contribution in [-0.4, -0.2) is 15.0 Å². The number of nitrogens with zero attached hydrogens (tertiary/aromatic N) is 1. The normalized spacial score (nSPS) is 14.3. The predicted molar refractivity (Wildman–Crippen MR) is 83.7 cm³/mol. The van der Waals surface area contributed by atoms with Gasteiger partial charge in [-0.15, -0.1) is 0 Å². The van der Waals surface area contributed by atoms with Crippen molar-refractivity contribution in [1.29, 1.82) is 0 Å². The first-order valence-corrected chi connectivity index (χ1v) is 8.44. The number of hydrogen-bond acceptors (Lipinski definition) is 3. The van der Waals surface area contributed by atoms with Crippen molar-refractivity contribution in [3.05, 3.63) is 59.2 Å². The molecule has 0 saturated heterocycles. The summed E-state index contributed by atoms with van der Waals surface area (Å²) < 4.78 is 22.8. The van der Waals surface area contributed by atoms with Gasteiger partial charge in [0.05, 0.1) is 4.90 Å². The molecular formula is C16H18N2O2S. The van der Waals surface area contributed by atoms with Crippen LogP contribution in [0.15, 0.2) is 47.4 Å². The monoisotopic (exact) mass is 302 g/mol. The van der Waals surface area contributed by atoms with Crippen LogP contribution in [0.4, 0.5) is 5.69 Å². The van der Waals surface area contributed by atoms with Crippen molar-refractivity contribution in [3.8, 4) is 0 Å². The Bertz CT molecular complexity index is 767. The molecule has 21 heavy (non-hydrogen) atoms. The maximum atomic E-state index is 11.4. The number of primary sulfonamides is 1. The Balaban J connectivity index is 1.85. The van der Waals surface area contributed by atoms with Crippen LogP contribution in [0.1, 0.15) is 16.7 Å². The van der Waals surface area contributed by atoms with Crippen LogP contribution in [0.25, 0.3) is 0 Å².